The van der Waals surface area contributed by atoms with Gasteiger partial charge in [-0.15, -0.1) is 11.3 Å². The van der Waals surface area contributed by atoms with Gasteiger partial charge in [0.2, 0.25) is 10.0 Å². The second kappa shape index (κ2) is 7.35. The molecule has 24 heavy (non-hydrogen) atoms. The second-order valence-electron chi connectivity index (χ2n) is 6.51. The van der Waals surface area contributed by atoms with Crippen LogP contribution < -0.4 is 4.72 Å². The van der Waals surface area contributed by atoms with Crippen LogP contribution in [0.5, 0.6) is 0 Å². The maximum atomic E-state index is 11.3. The summed E-state index contributed by atoms with van der Waals surface area (Å²) in [5, 5.41) is 4.42. The molecule has 0 saturated heterocycles. The van der Waals surface area contributed by atoms with E-state index in [1.165, 1.54) is 21.7 Å². The molecule has 1 aliphatic rings. The first kappa shape index (κ1) is 17.6. The van der Waals surface area contributed by atoms with Crippen LogP contribution in [0.2, 0.25) is 0 Å². The summed E-state index contributed by atoms with van der Waals surface area (Å²) in [4.78, 5) is 5.14. The molecule has 1 atom stereocenters. The van der Waals surface area contributed by atoms with E-state index < -0.39 is 10.0 Å². The minimum absolute atomic E-state index is 0.376. The third-order valence-corrected chi connectivity index (χ3v) is 5.94. The summed E-state index contributed by atoms with van der Waals surface area (Å²) < 4.78 is 27.2. The molecule has 2 aromatic heterocycles. The van der Waals surface area contributed by atoms with Crippen LogP contribution in [-0.2, 0) is 29.7 Å². The van der Waals surface area contributed by atoms with E-state index >= 15 is 0 Å². The second-order valence-corrected chi connectivity index (χ2v) is 9.71. The molecule has 1 unspecified atom stereocenters. The lowest BCUT2D eigenvalue weighted by atomic mass is 10.1. The van der Waals surface area contributed by atoms with E-state index in [4.69, 9.17) is 0 Å². The topological polar surface area (TPSA) is 67.2 Å². The van der Waals surface area contributed by atoms with Crippen LogP contribution >= 0.6 is 11.3 Å². The summed E-state index contributed by atoms with van der Waals surface area (Å²) in [6.07, 6.45) is 3.86. The maximum absolute atomic E-state index is 11.3. The summed E-state index contributed by atoms with van der Waals surface area (Å²) in [6, 6.07) is 6.43. The van der Waals surface area contributed by atoms with Crippen LogP contribution in [0.25, 0.3) is 0 Å². The molecule has 0 bridgehead atoms. The summed E-state index contributed by atoms with van der Waals surface area (Å²) >= 11 is 1.84. The molecular formula is C16H24N4O2S2. The van der Waals surface area contributed by atoms with E-state index in [9.17, 15) is 8.42 Å². The van der Waals surface area contributed by atoms with Crippen LogP contribution in [0.15, 0.2) is 24.4 Å². The van der Waals surface area contributed by atoms with Crippen molar-refractivity contribution in [3.05, 3.63) is 39.8 Å². The number of sulfonamides is 1. The van der Waals surface area contributed by atoms with Gasteiger partial charge in [0.1, 0.15) is 0 Å². The number of hydrogen-bond donors (Lipinski definition) is 1. The molecular weight excluding hydrogens is 344 g/mol. The van der Waals surface area contributed by atoms with Gasteiger partial charge in [0.25, 0.3) is 0 Å². The standard InChI is InChI=1S/C16H24N4O2S2/c1-13-3-4-16(23-13)12-19-9-14(5-8-18-24(2,21)22)10-20-15(11-19)6-7-17-20/h3-4,6-7,14,18H,5,8-12H2,1-2H3. The van der Waals surface area contributed by atoms with Gasteiger partial charge in [0, 0.05) is 48.7 Å². The van der Waals surface area contributed by atoms with Crippen LogP contribution in [0.3, 0.4) is 0 Å². The Balaban J connectivity index is 1.68. The first-order chi connectivity index (χ1) is 11.4. The van der Waals surface area contributed by atoms with Crippen molar-refractivity contribution in [2.45, 2.75) is 33.0 Å². The average Bonchev–Trinajstić information content (AvgIpc) is 3.03. The van der Waals surface area contributed by atoms with Gasteiger partial charge in [0.05, 0.1) is 11.9 Å². The van der Waals surface area contributed by atoms with E-state index in [0.29, 0.717) is 12.5 Å². The SMILES string of the molecule is Cc1ccc(CN2Cc3ccnn3CC(CCNS(C)(=O)=O)C2)s1. The van der Waals surface area contributed by atoms with E-state index in [2.05, 4.69) is 44.5 Å². The number of nitrogens with one attached hydrogen (secondary N) is 1. The lowest BCUT2D eigenvalue weighted by molar-refractivity contribution is 0.217. The fourth-order valence-corrected chi connectivity index (χ4v) is 4.58. The number of aromatic nitrogens is 2. The molecule has 3 heterocycles. The highest BCUT2D eigenvalue weighted by Crippen LogP contribution is 2.23. The Morgan fingerprint density at radius 2 is 2.17 bits per heavy atom. The molecule has 0 fully saturated rings. The predicted octanol–water partition coefficient (Wildman–Crippen LogP) is 1.82. The zero-order valence-corrected chi connectivity index (χ0v) is 15.7. The van der Waals surface area contributed by atoms with Gasteiger partial charge in [0.15, 0.2) is 0 Å². The predicted molar refractivity (Wildman–Crippen MR) is 96.4 cm³/mol. The Morgan fingerprint density at radius 3 is 2.88 bits per heavy atom. The van der Waals surface area contributed by atoms with Gasteiger partial charge < -0.3 is 0 Å². The Morgan fingerprint density at radius 1 is 1.33 bits per heavy atom. The number of thiophene rings is 1. The van der Waals surface area contributed by atoms with Crippen molar-refractivity contribution in [3.8, 4) is 0 Å². The third-order valence-electron chi connectivity index (χ3n) is 4.23. The normalized spacial score (nSPS) is 19.2. The first-order valence-electron chi connectivity index (χ1n) is 8.12. The van der Waals surface area contributed by atoms with E-state index in [1.807, 2.05) is 17.5 Å². The zero-order valence-electron chi connectivity index (χ0n) is 14.1. The highest BCUT2D eigenvalue weighted by Gasteiger charge is 2.22. The van der Waals surface area contributed by atoms with Gasteiger partial charge in [-0.25, -0.2) is 13.1 Å². The molecule has 1 aliphatic heterocycles. The van der Waals surface area contributed by atoms with Crippen molar-refractivity contribution in [1.82, 2.24) is 19.4 Å². The molecule has 8 heteroatoms. The zero-order chi connectivity index (χ0) is 17.2. The van der Waals surface area contributed by atoms with Gasteiger partial charge in [-0.2, -0.15) is 5.10 Å². The lowest BCUT2D eigenvalue weighted by Gasteiger charge is -2.23. The van der Waals surface area contributed by atoms with Gasteiger partial charge in [-0.1, -0.05) is 0 Å². The molecule has 6 nitrogen and oxygen atoms in total. The molecule has 2 aromatic rings. The van der Waals surface area contributed by atoms with Crippen LogP contribution in [0, 0.1) is 12.8 Å². The van der Waals surface area contributed by atoms with Crippen molar-refractivity contribution in [1.29, 1.82) is 0 Å². The molecule has 132 valence electrons. The maximum Gasteiger partial charge on any atom is 0.208 e. The quantitative estimate of drug-likeness (QED) is 0.845. The molecule has 0 radical (unpaired) electrons. The molecule has 0 aliphatic carbocycles. The number of hydrogen-bond acceptors (Lipinski definition) is 5. The van der Waals surface area contributed by atoms with E-state index in [1.54, 1.807) is 0 Å². The van der Waals surface area contributed by atoms with Crippen molar-refractivity contribution in [3.63, 3.8) is 0 Å². The van der Waals surface area contributed by atoms with Crippen molar-refractivity contribution in [2.24, 2.45) is 5.92 Å². The van der Waals surface area contributed by atoms with Crippen LogP contribution in [-0.4, -0.2) is 42.4 Å². The lowest BCUT2D eigenvalue weighted by Crippen LogP contribution is -2.31. The summed E-state index contributed by atoms with van der Waals surface area (Å²) in [7, 11) is -3.13. The van der Waals surface area contributed by atoms with Gasteiger partial charge >= 0.3 is 0 Å². The molecule has 3 rings (SSSR count). The minimum Gasteiger partial charge on any atom is -0.292 e. The summed E-state index contributed by atoms with van der Waals surface area (Å²) in [5.74, 6) is 0.376. The number of aryl methyl sites for hydroxylation is 1. The van der Waals surface area contributed by atoms with Gasteiger partial charge in [-0.3, -0.25) is 9.58 Å². The summed E-state index contributed by atoms with van der Waals surface area (Å²) in [6.45, 7) is 6.21. The largest absolute Gasteiger partial charge is 0.292 e. The van der Waals surface area contributed by atoms with Crippen molar-refractivity contribution < 1.29 is 8.42 Å². The Hall–Kier alpha value is -1.22. The highest BCUT2D eigenvalue weighted by atomic mass is 32.2. The molecule has 1 N–H and O–H groups in total. The van der Waals surface area contributed by atoms with Crippen LogP contribution in [0.4, 0.5) is 0 Å². The number of fused-ring (bicyclic) bond motifs is 1. The third kappa shape index (κ3) is 4.89. The Labute approximate surface area is 147 Å². The Kier molecular flexibility index (Phi) is 5.39. The smallest absolute Gasteiger partial charge is 0.208 e. The van der Waals surface area contributed by atoms with Crippen LogP contribution in [0.1, 0.15) is 21.9 Å². The minimum atomic E-state index is -3.13. The van der Waals surface area contributed by atoms with Gasteiger partial charge in [-0.05, 0) is 37.5 Å². The molecule has 0 spiro atoms. The van der Waals surface area contributed by atoms with E-state index in [0.717, 1.165) is 32.6 Å². The number of rotatable bonds is 6. The molecule has 0 aromatic carbocycles. The van der Waals surface area contributed by atoms with Crippen molar-refractivity contribution >= 4 is 21.4 Å². The van der Waals surface area contributed by atoms with Crippen molar-refractivity contribution in [2.75, 3.05) is 19.3 Å². The molecule has 0 saturated carbocycles. The number of nitrogens with zero attached hydrogens (tertiary/aromatic N) is 3. The average molecular weight is 369 g/mol. The Bertz CT molecular complexity index is 782. The highest BCUT2D eigenvalue weighted by molar-refractivity contribution is 7.88. The monoisotopic (exact) mass is 368 g/mol. The van der Waals surface area contributed by atoms with E-state index in [-0.39, 0.29) is 0 Å². The fraction of sp³-hybridized carbons (Fsp3) is 0.562. The molecule has 0 amide bonds. The fourth-order valence-electron chi connectivity index (χ4n) is 3.16. The first-order valence-corrected chi connectivity index (χ1v) is 10.8. The summed E-state index contributed by atoms with van der Waals surface area (Å²) in [5.41, 5.74) is 1.22.